The standard InChI is InChI=1S/C12H15N5O/c1-9(18)14-11-5-3-10(4-6-11)13-7-12-8-17(2)16-15-12/h3-6,8,13H,7H2,1-2H3,(H,14,18). The largest absolute Gasteiger partial charge is 0.379 e. The van der Waals surface area contributed by atoms with E-state index in [1.54, 1.807) is 4.68 Å². The van der Waals surface area contributed by atoms with Gasteiger partial charge < -0.3 is 10.6 Å². The number of nitrogens with zero attached hydrogens (tertiary/aromatic N) is 3. The third-order valence-corrected chi connectivity index (χ3v) is 2.33. The molecule has 1 amide bonds. The maximum atomic E-state index is 10.9. The van der Waals surface area contributed by atoms with E-state index in [9.17, 15) is 4.79 Å². The quantitative estimate of drug-likeness (QED) is 0.853. The molecule has 0 saturated heterocycles. The molecule has 0 aliphatic rings. The number of benzene rings is 1. The third-order valence-electron chi connectivity index (χ3n) is 2.33. The Morgan fingerprint density at radius 2 is 1.94 bits per heavy atom. The Bertz CT molecular complexity index is 532. The van der Waals surface area contributed by atoms with Crippen molar-refractivity contribution in [1.29, 1.82) is 0 Å². The average Bonchev–Trinajstić information content (AvgIpc) is 2.74. The molecule has 0 saturated carbocycles. The van der Waals surface area contributed by atoms with Crippen molar-refractivity contribution in [1.82, 2.24) is 15.0 Å². The fourth-order valence-corrected chi connectivity index (χ4v) is 1.54. The summed E-state index contributed by atoms with van der Waals surface area (Å²) >= 11 is 0. The molecule has 0 unspecified atom stereocenters. The van der Waals surface area contributed by atoms with Crippen molar-refractivity contribution in [3.8, 4) is 0 Å². The normalized spacial score (nSPS) is 10.1. The number of amides is 1. The maximum absolute atomic E-state index is 10.9. The summed E-state index contributed by atoms with van der Waals surface area (Å²) in [5.74, 6) is -0.0738. The lowest BCUT2D eigenvalue weighted by atomic mass is 10.2. The first-order valence-corrected chi connectivity index (χ1v) is 5.60. The van der Waals surface area contributed by atoms with E-state index in [-0.39, 0.29) is 5.91 Å². The van der Waals surface area contributed by atoms with E-state index in [4.69, 9.17) is 0 Å². The SMILES string of the molecule is CC(=O)Nc1ccc(NCc2cn(C)nn2)cc1. The van der Waals surface area contributed by atoms with E-state index >= 15 is 0 Å². The molecule has 0 fully saturated rings. The second-order valence-electron chi connectivity index (χ2n) is 4.00. The molecule has 0 atom stereocenters. The van der Waals surface area contributed by atoms with Gasteiger partial charge in [0.05, 0.1) is 6.54 Å². The molecule has 0 radical (unpaired) electrons. The van der Waals surface area contributed by atoms with Crippen LogP contribution in [-0.2, 0) is 18.4 Å². The van der Waals surface area contributed by atoms with Crippen LogP contribution in [0.15, 0.2) is 30.5 Å². The number of aromatic nitrogens is 3. The first kappa shape index (κ1) is 12.1. The Morgan fingerprint density at radius 1 is 1.28 bits per heavy atom. The van der Waals surface area contributed by atoms with Crippen LogP contribution in [0.1, 0.15) is 12.6 Å². The highest BCUT2D eigenvalue weighted by Gasteiger charge is 1.99. The average molecular weight is 245 g/mol. The minimum Gasteiger partial charge on any atom is -0.379 e. The van der Waals surface area contributed by atoms with Gasteiger partial charge in [0.2, 0.25) is 5.91 Å². The van der Waals surface area contributed by atoms with Gasteiger partial charge in [-0.25, -0.2) is 0 Å². The third kappa shape index (κ3) is 3.31. The molecule has 2 aromatic rings. The Kier molecular flexibility index (Phi) is 3.57. The van der Waals surface area contributed by atoms with E-state index in [2.05, 4.69) is 20.9 Å². The van der Waals surface area contributed by atoms with Gasteiger partial charge in [0, 0.05) is 31.5 Å². The molecule has 2 rings (SSSR count). The summed E-state index contributed by atoms with van der Waals surface area (Å²) in [4.78, 5) is 10.9. The molecule has 0 aliphatic heterocycles. The van der Waals surface area contributed by atoms with Crippen LogP contribution >= 0.6 is 0 Å². The minimum absolute atomic E-state index is 0.0738. The number of carbonyl (C=O) groups is 1. The second kappa shape index (κ2) is 5.31. The van der Waals surface area contributed by atoms with E-state index in [1.807, 2.05) is 37.5 Å². The van der Waals surface area contributed by atoms with Crippen molar-refractivity contribution >= 4 is 17.3 Å². The van der Waals surface area contributed by atoms with Crippen molar-refractivity contribution in [2.24, 2.45) is 7.05 Å². The summed E-state index contributed by atoms with van der Waals surface area (Å²) in [5, 5.41) is 13.8. The monoisotopic (exact) mass is 245 g/mol. The Labute approximate surface area is 105 Å². The van der Waals surface area contributed by atoms with Crippen LogP contribution in [0.2, 0.25) is 0 Å². The molecule has 2 N–H and O–H groups in total. The summed E-state index contributed by atoms with van der Waals surface area (Å²) in [7, 11) is 1.83. The zero-order valence-electron chi connectivity index (χ0n) is 10.3. The van der Waals surface area contributed by atoms with Crippen LogP contribution in [-0.4, -0.2) is 20.9 Å². The van der Waals surface area contributed by atoms with Gasteiger partial charge in [0.25, 0.3) is 0 Å². The molecule has 1 aromatic carbocycles. The van der Waals surface area contributed by atoms with Gasteiger partial charge in [-0.05, 0) is 24.3 Å². The number of hydrogen-bond donors (Lipinski definition) is 2. The zero-order valence-corrected chi connectivity index (χ0v) is 10.3. The molecule has 0 spiro atoms. The Hall–Kier alpha value is -2.37. The smallest absolute Gasteiger partial charge is 0.221 e. The highest BCUT2D eigenvalue weighted by atomic mass is 16.1. The molecular formula is C12H15N5O. The van der Waals surface area contributed by atoms with Crippen LogP contribution in [0.4, 0.5) is 11.4 Å². The number of nitrogens with one attached hydrogen (secondary N) is 2. The summed E-state index contributed by atoms with van der Waals surface area (Å²) < 4.78 is 1.66. The summed E-state index contributed by atoms with van der Waals surface area (Å²) in [5.41, 5.74) is 2.63. The molecule has 18 heavy (non-hydrogen) atoms. The van der Waals surface area contributed by atoms with Gasteiger partial charge >= 0.3 is 0 Å². The van der Waals surface area contributed by atoms with E-state index < -0.39 is 0 Å². The highest BCUT2D eigenvalue weighted by molar-refractivity contribution is 5.88. The van der Waals surface area contributed by atoms with Crippen LogP contribution in [0, 0.1) is 0 Å². The Balaban J connectivity index is 1.92. The molecular weight excluding hydrogens is 230 g/mol. The van der Waals surface area contributed by atoms with Crippen LogP contribution in [0.3, 0.4) is 0 Å². The fraction of sp³-hybridized carbons (Fsp3) is 0.250. The lowest BCUT2D eigenvalue weighted by Crippen LogP contribution is -2.05. The lowest BCUT2D eigenvalue weighted by Gasteiger charge is -2.06. The number of hydrogen-bond acceptors (Lipinski definition) is 4. The number of aryl methyl sites for hydroxylation is 1. The van der Waals surface area contributed by atoms with Gasteiger partial charge in [-0.2, -0.15) is 0 Å². The van der Waals surface area contributed by atoms with Gasteiger partial charge in [0.1, 0.15) is 5.69 Å². The molecule has 1 aromatic heterocycles. The van der Waals surface area contributed by atoms with Crippen molar-refractivity contribution in [2.75, 3.05) is 10.6 Å². The molecule has 6 heteroatoms. The zero-order chi connectivity index (χ0) is 13.0. The maximum Gasteiger partial charge on any atom is 0.221 e. The topological polar surface area (TPSA) is 71.8 Å². The van der Waals surface area contributed by atoms with Crippen molar-refractivity contribution in [3.63, 3.8) is 0 Å². The van der Waals surface area contributed by atoms with Gasteiger partial charge in [-0.1, -0.05) is 5.21 Å². The van der Waals surface area contributed by atoms with Gasteiger partial charge in [-0.3, -0.25) is 9.48 Å². The van der Waals surface area contributed by atoms with Gasteiger partial charge in [-0.15, -0.1) is 5.10 Å². The van der Waals surface area contributed by atoms with Crippen LogP contribution < -0.4 is 10.6 Å². The van der Waals surface area contributed by atoms with Gasteiger partial charge in [0.15, 0.2) is 0 Å². The minimum atomic E-state index is -0.0738. The number of anilines is 2. The van der Waals surface area contributed by atoms with Crippen LogP contribution in [0.25, 0.3) is 0 Å². The fourth-order valence-electron chi connectivity index (χ4n) is 1.54. The molecule has 0 aliphatic carbocycles. The predicted octanol–water partition coefficient (Wildman–Crippen LogP) is 1.39. The molecule has 1 heterocycles. The van der Waals surface area contributed by atoms with Crippen molar-refractivity contribution in [3.05, 3.63) is 36.2 Å². The number of carbonyl (C=O) groups excluding carboxylic acids is 1. The van der Waals surface area contributed by atoms with E-state index in [0.717, 1.165) is 17.1 Å². The molecule has 0 bridgehead atoms. The Morgan fingerprint density at radius 3 is 2.50 bits per heavy atom. The van der Waals surface area contributed by atoms with Crippen LogP contribution in [0.5, 0.6) is 0 Å². The summed E-state index contributed by atoms with van der Waals surface area (Å²) in [6.07, 6.45) is 1.86. The molecule has 94 valence electrons. The first-order valence-electron chi connectivity index (χ1n) is 5.60. The van der Waals surface area contributed by atoms with Crippen molar-refractivity contribution in [2.45, 2.75) is 13.5 Å². The first-order chi connectivity index (χ1) is 8.63. The van der Waals surface area contributed by atoms with Crippen molar-refractivity contribution < 1.29 is 4.79 Å². The van der Waals surface area contributed by atoms with E-state index in [1.165, 1.54) is 6.92 Å². The number of rotatable bonds is 4. The summed E-state index contributed by atoms with van der Waals surface area (Å²) in [6.45, 7) is 2.10. The molecule has 6 nitrogen and oxygen atoms in total. The highest BCUT2D eigenvalue weighted by Crippen LogP contribution is 2.14. The predicted molar refractivity (Wildman–Crippen MR) is 69.1 cm³/mol. The van der Waals surface area contributed by atoms with E-state index in [0.29, 0.717) is 6.54 Å². The lowest BCUT2D eigenvalue weighted by molar-refractivity contribution is -0.114. The second-order valence-corrected chi connectivity index (χ2v) is 4.00. The summed E-state index contributed by atoms with van der Waals surface area (Å²) in [6, 6.07) is 7.50.